The second-order valence-electron chi connectivity index (χ2n) is 8.65. The molecule has 4 heterocycles. The predicted octanol–water partition coefficient (Wildman–Crippen LogP) is 4.71. The molecule has 0 saturated carbocycles. The van der Waals surface area contributed by atoms with Crippen LogP contribution in [-0.2, 0) is 12.8 Å². The number of nitrogens with zero attached hydrogens (tertiary/aromatic N) is 6. The number of carbonyl (C=O) groups is 1. The first-order chi connectivity index (χ1) is 16.9. The molecule has 10 heteroatoms. The molecule has 3 aromatic heterocycles. The van der Waals surface area contributed by atoms with Crippen molar-refractivity contribution < 1.29 is 14.3 Å². The maximum atomic E-state index is 14.6. The predicted molar refractivity (Wildman–Crippen MR) is 131 cm³/mol. The maximum absolute atomic E-state index is 14.6. The van der Waals surface area contributed by atoms with Gasteiger partial charge in [0.25, 0.3) is 0 Å². The quantitative estimate of drug-likeness (QED) is 0.414. The Balaban J connectivity index is 1.37. The zero-order valence-corrected chi connectivity index (χ0v) is 19.9. The number of aromatic nitrogens is 5. The largest absolute Gasteiger partial charge is 0.478 e. The maximum Gasteiger partial charge on any atom is 0.335 e. The zero-order chi connectivity index (χ0) is 24.5. The van der Waals surface area contributed by atoms with Crippen molar-refractivity contribution in [3.05, 3.63) is 76.3 Å². The van der Waals surface area contributed by atoms with Gasteiger partial charge in [0.2, 0.25) is 5.95 Å². The molecule has 0 bridgehead atoms. The summed E-state index contributed by atoms with van der Waals surface area (Å²) in [6.07, 6.45) is 9.95. The van der Waals surface area contributed by atoms with Crippen LogP contribution in [-0.4, -0.2) is 48.7 Å². The Labute approximate surface area is 206 Å². The van der Waals surface area contributed by atoms with E-state index in [9.17, 15) is 9.18 Å². The fourth-order valence-corrected chi connectivity index (χ4v) is 4.85. The number of rotatable bonds is 6. The van der Waals surface area contributed by atoms with E-state index in [4.69, 9.17) is 16.7 Å². The normalized spacial score (nSPS) is 14.5. The first-order valence-electron chi connectivity index (χ1n) is 11.5. The fourth-order valence-electron chi connectivity index (χ4n) is 4.55. The van der Waals surface area contributed by atoms with Crippen molar-refractivity contribution in [2.45, 2.75) is 38.6 Å². The van der Waals surface area contributed by atoms with E-state index < -0.39 is 11.8 Å². The minimum atomic E-state index is -1.17. The van der Waals surface area contributed by atoms with E-state index >= 15 is 0 Å². The summed E-state index contributed by atoms with van der Waals surface area (Å²) in [6, 6.07) is 4.09. The van der Waals surface area contributed by atoms with Crippen molar-refractivity contribution in [3.8, 4) is 0 Å². The molecule has 0 aliphatic carbocycles. The van der Waals surface area contributed by atoms with Crippen LogP contribution in [0, 0.1) is 5.82 Å². The van der Waals surface area contributed by atoms with E-state index in [1.807, 2.05) is 18.6 Å². The summed E-state index contributed by atoms with van der Waals surface area (Å²) >= 11 is 6.63. The highest BCUT2D eigenvalue weighted by molar-refractivity contribution is 6.35. The average molecular weight is 495 g/mol. The topological polar surface area (TPSA) is 97.0 Å². The van der Waals surface area contributed by atoms with Crippen molar-refractivity contribution in [1.29, 1.82) is 0 Å². The molecular formula is C25H24ClFN6O2. The van der Waals surface area contributed by atoms with E-state index in [2.05, 4.69) is 36.3 Å². The number of piperidine rings is 1. The SMILES string of the molecule is CCc1cnc(N2CCC(n3cc(Cl)c4c(Cc5ccc(C(=O)O)cc5F)ncnc43)CC2)nc1. The lowest BCUT2D eigenvalue weighted by atomic mass is 10.0. The molecule has 8 nitrogen and oxygen atoms in total. The van der Waals surface area contributed by atoms with Gasteiger partial charge in [-0.05, 0) is 42.5 Å². The van der Waals surface area contributed by atoms with E-state index in [0.29, 0.717) is 27.3 Å². The van der Waals surface area contributed by atoms with E-state index in [1.54, 1.807) is 0 Å². The van der Waals surface area contributed by atoms with Gasteiger partial charge in [-0.2, -0.15) is 0 Å². The third kappa shape index (κ3) is 4.55. The molecule has 4 aromatic rings. The van der Waals surface area contributed by atoms with Gasteiger partial charge in [-0.15, -0.1) is 0 Å². The number of carboxylic acids is 1. The highest BCUT2D eigenvalue weighted by Crippen LogP contribution is 2.34. The third-order valence-corrected chi connectivity index (χ3v) is 6.83. The van der Waals surface area contributed by atoms with Crippen molar-refractivity contribution >= 4 is 34.6 Å². The number of halogens is 2. The molecular weight excluding hydrogens is 471 g/mol. The standard InChI is InChI=1S/C25H24ClFN6O2/c1-2-15-11-28-25(29-12-15)32-7-5-18(6-8-32)33-13-19(26)22-21(30-14-31-23(22)33)10-16-3-4-17(24(34)35)9-20(16)27/h3-4,9,11-14,18H,2,5-8,10H2,1H3,(H,34,35). The van der Waals surface area contributed by atoms with Gasteiger partial charge in [-0.25, -0.2) is 29.1 Å². The highest BCUT2D eigenvalue weighted by atomic mass is 35.5. The second kappa shape index (κ2) is 9.58. The zero-order valence-electron chi connectivity index (χ0n) is 19.2. The summed E-state index contributed by atoms with van der Waals surface area (Å²) < 4.78 is 16.6. The third-order valence-electron chi connectivity index (χ3n) is 6.54. The highest BCUT2D eigenvalue weighted by Gasteiger charge is 2.25. The molecule has 1 N–H and O–H groups in total. The minimum Gasteiger partial charge on any atom is -0.478 e. The summed E-state index contributed by atoms with van der Waals surface area (Å²) in [6.45, 7) is 3.70. The van der Waals surface area contributed by atoms with Crippen LogP contribution in [0.15, 0.2) is 43.1 Å². The number of hydrogen-bond acceptors (Lipinski definition) is 6. The van der Waals surface area contributed by atoms with Crippen molar-refractivity contribution in [1.82, 2.24) is 24.5 Å². The van der Waals surface area contributed by atoms with Crippen LogP contribution >= 0.6 is 11.6 Å². The van der Waals surface area contributed by atoms with Crippen LogP contribution < -0.4 is 4.90 Å². The van der Waals surface area contributed by atoms with Gasteiger partial charge in [0, 0.05) is 44.1 Å². The summed E-state index contributed by atoms with van der Waals surface area (Å²) in [7, 11) is 0. The van der Waals surface area contributed by atoms with Crippen LogP contribution in [0.3, 0.4) is 0 Å². The van der Waals surface area contributed by atoms with Gasteiger partial charge >= 0.3 is 5.97 Å². The lowest BCUT2D eigenvalue weighted by Crippen LogP contribution is -2.35. The van der Waals surface area contributed by atoms with Crippen molar-refractivity contribution in [2.24, 2.45) is 0 Å². The van der Waals surface area contributed by atoms with Crippen LogP contribution in [0.1, 0.15) is 53.0 Å². The van der Waals surface area contributed by atoms with Gasteiger partial charge in [0.15, 0.2) is 0 Å². The Morgan fingerprint density at radius 1 is 1.17 bits per heavy atom. The summed E-state index contributed by atoms with van der Waals surface area (Å²) in [4.78, 5) is 31.2. The van der Waals surface area contributed by atoms with Gasteiger partial charge in [0.1, 0.15) is 17.8 Å². The Kier molecular flexibility index (Phi) is 6.34. The van der Waals surface area contributed by atoms with Crippen LogP contribution in [0.5, 0.6) is 0 Å². The molecule has 1 fully saturated rings. The molecule has 180 valence electrons. The van der Waals surface area contributed by atoms with Crippen LogP contribution in [0.25, 0.3) is 11.0 Å². The van der Waals surface area contributed by atoms with Gasteiger partial charge < -0.3 is 14.6 Å². The molecule has 5 rings (SSSR count). The molecule has 1 aliphatic rings. The Bertz CT molecular complexity index is 1380. The van der Waals surface area contributed by atoms with E-state index in [-0.39, 0.29) is 18.0 Å². The van der Waals surface area contributed by atoms with E-state index in [1.165, 1.54) is 18.5 Å². The number of anilines is 1. The summed E-state index contributed by atoms with van der Waals surface area (Å²) in [5, 5.41) is 10.3. The lowest BCUT2D eigenvalue weighted by molar-refractivity contribution is 0.0696. The van der Waals surface area contributed by atoms with Gasteiger partial charge in [-0.3, -0.25) is 0 Å². The fraction of sp³-hybridized carbons (Fsp3) is 0.320. The molecule has 1 saturated heterocycles. The lowest BCUT2D eigenvalue weighted by Gasteiger charge is -2.32. The molecule has 1 aromatic carbocycles. The summed E-state index contributed by atoms with van der Waals surface area (Å²) in [5.74, 6) is -1.01. The van der Waals surface area contributed by atoms with Gasteiger partial charge in [-0.1, -0.05) is 24.6 Å². The number of hydrogen-bond donors (Lipinski definition) is 1. The first-order valence-corrected chi connectivity index (χ1v) is 11.9. The number of fused-ring (bicyclic) bond motifs is 1. The van der Waals surface area contributed by atoms with E-state index in [0.717, 1.165) is 49.9 Å². The average Bonchev–Trinajstić information content (AvgIpc) is 3.22. The van der Waals surface area contributed by atoms with Gasteiger partial charge in [0.05, 0.1) is 21.7 Å². The molecule has 35 heavy (non-hydrogen) atoms. The second-order valence-corrected chi connectivity index (χ2v) is 9.06. The smallest absolute Gasteiger partial charge is 0.335 e. The Morgan fingerprint density at radius 2 is 1.91 bits per heavy atom. The number of aryl methyl sites for hydroxylation is 1. The monoisotopic (exact) mass is 494 g/mol. The number of aromatic carboxylic acids is 1. The molecule has 0 amide bonds. The molecule has 0 unspecified atom stereocenters. The Morgan fingerprint density at radius 3 is 2.57 bits per heavy atom. The first kappa shape index (κ1) is 23.2. The molecule has 1 aliphatic heterocycles. The molecule has 0 atom stereocenters. The molecule has 0 spiro atoms. The minimum absolute atomic E-state index is 0.0960. The number of benzene rings is 1. The Hall–Kier alpha value is -3.59. The van der Waals surface area contributed by atoms with Crippen LogP contribution in [0.2, 0.25) is 5.02 Å². The number of carboxylic acid groups (broad SMARTS) is 1. The summed E-state index contributed by atoms with van der Waals surface area (Å²) in [5.41, 5.74) is 2.68. The van der Waals surface area contributed by atoms with Crippen molar-refractivity contribution in [3.63, 3.8) is 0 Å². The van der Waals surface area contributed by atoms with Crippen LogP contribution in [0.4, 0.5) is 10.3 Å². The molecule has 0 radical (unpaired) electrons. The van der Waals surface area contributed by atoms with Crippen molar-refractivity contribution in [2.75, 3.05) is 18.0 Å².